The molecule has 30 heavy (non-hydrogen) atoms. The Labute approximate surface area is 178 Å². The van der Waals surface area contributed by atoms with E-state index in [1.165, 1.54) is 12.2 Å². The third-order valence-electron chi connectivity index (χ3n) is 4.56. The molecule has 1 aromatic carbocycles. The number of aromatic nitrogens is 1. The van der Waals surface area contributed by atoms with E-state index in [9.17, 15) is 13.2 Å². The summed E-state index contributed by atoms with van der Waals surface area (Å²) in [6.07, 6.45) is 4.89. The smallest absolute Gasteiger partial charge is 0.238 e. The number of amides is 1. The highest BCUT2D eigenvalue weighted by molar-refractivity contribution is 7.92. The molecule has 1 aromatic heterocycles. The van der Waals surface area contributed by atoms with Gasteiger partial charge in [0.15, 0.2) is 0 Å². The van der Waals surface area contributed by atoms with Gasteiger partial charge in [-0.15, -0.1) is 6.58 Å². The second-order valence-electron chi connectivity index (χ2n) is 6.76. The summed E-state index contributed by atoms with van der Waals surface area (Å²) < 4.78 is 33.8. The molecular formula is C22H29N3O4S. The Morgan fingerprint density at radius 2 is 1.93 bits per heavy atom. The van der Waals surface area contributed by atoms with Crippen molar-refractivity contribution < 1.29 is 17.9 Å². The summed E-state index contributed by atoms with van der Waals surface area (Å²) in [5.74, 6) is -0.299. The molecule has 2 aromatic rings. The number of ether oxygens (including phenoxy) is 1. The fourth-order valence-corrected chi connectivity index (χ4v) is 3.92. The number of carbonyl (C=O) groups is 1. The van der Waals surface area contributed by atoms with Crippen LogP contribution in [0.5, 0.6) is 0 Å². The Balaban J connectivity index is 2.16. The molecule has 0 saturated carbocycles. The molecule has 2 rings (SSSR count). The monoisotopic (exact) mass is 431 g/mol. The van der Waals surface area contributed by atoms with Gasteiger partial charge in [0.2, 0.25) is 15.9 Å². The van der Waals surface area contributed by atoms with Crippen molar-refractivity contribution in [2.24, 2.45) is 7.05 Å². The molecule has 0 radical (unpaired) electrons. The molecule has 8 heteroatoms. The van der Waals surface area contributed by atoms with Crippen LogP contribution in [0.25, 0.3) is 6.08 Å². The molecule has 0 N–H and O–H groups in total. The number of hydrogen-bond donors (Lipinski definition) is 0. The van der Waals surface area contributed by atoms with E-state index < -0.39 is 10.0 Å². The van der Waals surface area contributed by atoms with Crippen LogP contribution in [-0.4, -0.2) is 61.4 Å². The largest absolute Gasteiger partial charge is 0.383 e. The Bertz CT molecular complexity index is 952. The van der Waals surface area contributed by atoms with Crippen LogP contribution in [0.1, 0.15) is 11.3 Å². The predicted octanol–water partition coefficient (Wildman–Crippen LogP) is 2.49. The molecule has 0 saturated heterocycles. The van der Waals surface area contributed by atoms with Crippen molar-refractivity contribution in [3.63, 3.8) is 0 Å². The van der Waals surface area contributed by atoms with Crippen LogP contribution < -0.4 is 0 Å². The first-order valence-electron chi connectivity index (χ1n) is 9.58. The lowest BCUT2D eigenvalue weighted by Crippen LogP contribution is -2.43. The molecule has 0 atom stereocenters. The molecule has 0 spiro atoms. The molecule has 0 aliphatic heterocycles. The second kappa shape index (κ2) is 11.5. The van der Waals surface area contributed by atoms with Gasteiger partial charge in [-0.1, -0.05) is 36.4 Å². The number of rotatable bonds is 12. The molecule has 0 aliphatic rings. The summed E-state index contributed by atoms with van der Waals surface area (Å²) >= 11 is 0. The molecular weight excluding hydrogens is 402 g/mol. The number of sulfonamides is 1. The normalized spacial score (nSPS) is 11.8. The van der Waals surface area contributed by atoms with E-state index in [2.05, 4.69) is 6.58 Å². The molecule has 0 bridgehead atoms. The summed E-state index contributed by atoms with van der Waals surface area (Å²) in [5, 5.41) is 1.12. The van der Waals surface area contributed by atoms with Gasteiger partial charge in [0.1, 0.15) is 0 Å². The van der Waals surface area contributed by atoms with Crippen LogP contribution in [0.2, 0.25) is 0 Å². The highest BCUT2D eigenvalue weighted by atomic mass is 32.2. The molecule has 0 unspecified atom stereocenters. The standard InChI is InChI=1S/C22H29N3O4S/c1-4-13-25(30(27,28)17-12-20-9-6-5-7-10-20)19-22(26)24(15-16-29-3)18-21-11-8-14-23(21)2/h4-12,14,17H,1,13,15-16,18-19H2,2-3H3/b17-12+. The van der Waals surface area contributed by atoms with Crippen molar-refractivity contribution in [1.29, 1.82) is 0 Å². The van der Waals surface area contributed by atoms with Crippen molar-refractivity contribution in [1.82, 2.24) is 13.8 Å². The van der Waals surface area contributed by atoms with Gasteiger partial charge in [0, 0.05) is 44.5 Å². The van der Waals surface area contributed by atoms with Gasteiger partial charge in [-0.2, -0.15) is 4.31 Å². The lowest BCUT2D eigenvalue weighted by molar-refractivity contribution is -0.132. The van der Waals surface area contributed by atoms with Crippen molar-refractivity contribution in [3.8, 4) is 0 Å². The Morgan fingerprint density at radius 1 is 1.20 bits per heavy atom. The molecule has 1 amide bonds. The molecule has 1 heterocycles. The quantitative estimate of drug-likeness (QED) is 0.484. The van der Waals surface area contributed by atoms with E-state index in [-0.39, 0.29) is 19.0 Å². The SMILES string of the molecule is C=CCN(CC(=O)N(CCOC)Cc1cccn1C)S(=O)(=O)/C=C/c1ccccc1. The van der Waals surface area contributed by atoms with E-state index in [0.29, 0.717) is 19.7 Å². The lowest BCUT2D eigenvalue weighted by atomic mass is 10.2. The predicted molar refractivity (Wildman–Crippen MR) is 119 cm³/mol. The summed E-state index contributed by atoms with van der Waals surface area (Å²) in [6.45, 7) is 4.48. The number of aryl methyl sites for hydroxylation is 1. The highest BCUT2D eigenvalue weighted by Crippen LogP contribution is 2.11. The maximum absolute atomic E-state index is 13.0. The number of benzene rings is 1. The first-order chi connectivity index (χ1) is 14.4. The molecule has 162 valence electrons. The molecule has 0 aliphatic carbocycles. The Hall–Kier alpha value is -2.68. The van der Waals surface area contributed by atoms with Crippen LogP contribution >= 0.6 is 0 Å². The van der Waals surface area contributed by atoms with Gasteiger partial charge in [0.05, 0.1) is 19.7 Å². The number of hydrogen-bond acceptors (Lipinski definition) is 4. The minimum absolute atomic E-state index is 0.0372. The van der Waals surface area contributed by atoms with Crippen LogP contribution in [0, 0.1) is 0 Å². The fraction of sp³-hybridized carbons (Fsp3) is 0.318. The maximum atomic E-state index is 13.0. The molecule has 0 fully saturated rings. The topological polar surface area (TPSA) is 71.8 Å². The zero-order valence-electron chi connectivity index (χ0n) is 17.5. The van der Waals surface area contributed by atoms with E-state index in [0.717, 1.165) is 21.0 Å². The maximum Gasteiger partial charge on any atom is 0.238 e. The van der Waals surface area contributed by atoms with E-state index in [1.807, 2.05) is 48.1 Å². The van der Waals surface area contributed by atoms with Gasteiger partial charge < -0.3 is 14.2 Å². The van der Waals surface area contributed by atoms with E-state index in [4.69, 9.17) is 4.74 Å². The minimum Gasteiger partial charge on any atom is -0.383 e. The first kappa shape index (κ1) is 23.6. The highest BCUT2D eigenvalue weighted by Gasteiger charge is 2.24. The van der Waals surface area contributed by atoms with Gasteiger partial charge in [-0.05, 0) is 23.8 Å². The zero-order chi connectivity index (χ0) is 22.0. The Kier molecular flexibility index (Phi) is 9.04. The third kappa shape index (κ3) is 6.98. The number of carbonyl (C=O) groups excluding carboxylic acids is 1. The van der Waals surface area contributed by atoms with Crippen LogP contribution in [-0.2, 0) is 33.1 Å². The van der Waals surface area contributed by atoms with Gasteiger partial charge >= 0.3 is 0 Å². The number of methoxy groups -OCH3 is 1. The lowest BCUT2D eigenvalue weighted by Gasteiger charge is -2.26. The van der Waals surface area contributed by atoms with E-state index in [1.54, 1.807) is 24.1 Å². The third-order valence-corrected chi connectivity index (χ3v) is 6.04. The van der Waals surface area contributed by atoms with Crippen molar-refractivity contribution in [2.45, 2.75) is 6.54 Å². The van der Waals surface area contributed by atoms with Gasteiger partial charge in [0.25, 0.3) is 0 Å². The average molecular weight is 432 g/mol. The van der Waals surface area contributed by atoms with E-state index >= 15 is 0 Å². The fourth-order valence-electron chi connectivity index (χ4n) is 2.82. The van der Waals surface area contributed by atoms with Crippen molar-refractivity contribution in [3.05, 3.63) is 78.0 Å². The van der Waals surface area contributed by atoms with Crippen molar-refractivity contribution in [2.75, 3.05) is 33.4 Å². The van der Waals surface area contributed by atoms with Crippen molar-refractivity contribution >= 4 is 22.0 Å². The summed E-state index contributed by atoms with van der Waals surface area (Å²) in [7, 11) is -0.341. The van der Waals surface area contributed by atoms with Crippen LogP contribution in [0.4, 0.5) is 0 Å². The molecule has 7 nitrogen and oxygen atoms in total. The first-order valence-corrected chi connectivity index (χ1v) is 11.1. The zero-order valence-corrected chi connectivity index (χ0v) is 18.3. The second-order valence-corrected chi connectivity index (χ2v) is 8.58. The Morgan fingerprint density at radius 3 is 2.53 bits per heavy atom. The van der Waals surface area contributed by atoms with Crippen LogP contribution in [0.15, 0.2) is 66.7 Å². The summed E-state index contributed by atoms with van der Waals surface area (Å²) in [6, 6.07) is 13.0. The summed E-state index contributed by atoms with van der Waals surface area (Å²) in [4.78, 5) is 14.6. The average Bonchev–Trinajstić information content (AvgIpc) is 3.14. The summed E-state index contributed by atoms with van der Waals surface area (Å²) in [5.41, 5.74) is 1.71. The number of nitrogens with zero attached hydrogens (tertiary/aromatic N) is 3. The van der Waals surface area contributed by atoms with Gasteiger partial charge in [-0.3, -0.25) is 4.79 Å². The minimum atomic E-state index is -3.80. The van der Waals surface area contributed by atoms with Gasteiger partial charge in [-0.25, -0.2) is 8.42 Å². The van der Waals surface area contributed by atoms with Crippen LogP contribution in [0.3, 0.4) is 0 Å².